The first kappa shape index (κ1) is 35.7. The van der Waals surface area contributed by atoms with Gasteiger partial charge in [0.1, 0.15) is 6.10 Å². The van der Waals surface area contributed by atoms with Crippen molar-refractivity contribution in [3.05, 3.63) is 0 Å². The summed E-state index contributed by atoms with van der Waals surface area (Å²) in [5, 5.41) is 0. The van der Waals surface area contributed by atoms with Crippen LogP contribution >= 0.6 is 0 Å². The third kappa shape index (κ3) is 24.8. The van der Waals surface area contributed by atoms with E-state index in [-0.39, 0.29) is 18.7 Å². The maximum Gasteiger partial charge on any atom is 0.508 e. The summed E-state index contributed by atoms with van der Waals surface area (Å²) >= 11 is 0. The van der Waals surface area contributed by atoms with Crippen LogP contribution in [0.3, 0.4) is 0 Å². The van der Waals surface area contributed by atoms with Crippen molar-refractivity contribution in [3.8, 4) is 0 Å². The van der Waals surface area contributed by atoms with E-state index < -0.39 is 6.16 Å². The highest BCUT2D eigenvalue weighted by Crippen LogP contribution is 2.16. The van der Waals surface area contributed by atoms with Crippen molar-refractivity contribution < 1.29 is 23.8 Å². The largest absolute Gasteiger partial charge is 0.508 e. The van der Waals surface area contributed by atoms with Gasteiger partial charge in [-0.1, -0.05) is 105 Å². The second-order valence-corrected chi connectivity index (χ2v) is 10.8. The summed E-state index contributed by atoms with van der Waals surface area (Å²) in [6, 6.07) is 0. The monoisotopic (exact) mass is 527 g/mol. The van der Waals surface area contributed by atoms with Crippen LogP contribution in [0.5, 0.6) is 0 Å². The summed E-state index contributed by atoms with van der Waals surface area (Å²) < 4.78 is 16.3. The highest BCUT2D eigenvalue weighted by atomic mass is 16.7. The molecule has 0 rings (SSSR count). The van der Waals surface area contributed by atoms with Gasteiger partial charge in [-0.25, -0.2) is 4.79 Å². The molecule has 0 amide bonds. The Kier molecular flexibility index (Phi) is 25.4. The van der Waals surface area contributed by atoms with E-state index in [9.17, 15) is 9.59 Å². The van der Waals surface area contributed by atoms with Gasteiger partial charge in [0.25, 0.3) is 0 Å². The predicted octanol–water partition coefficient (Wildman–Crippen LogP) is 8.70. The fourth-order valence-electron chi connectivity index (χ4n) is 4.49. The second-order valence-electron chi connectivity index (χ2n) is 10.8. The maximum absolute atomic E-state index is 12.4. The van der Waals surface area contributed by atoms with E-state index in [4.69, 9.17) is 14.2 Å². The van der Waals surface area contributed by atoms with Crippen molar-refractivity contribution in [2.75, 3.05) is 32.8 Å². The van der Waals surface area contributed by atoms with E-state index in [1.165, 1.54) is 51.4 Å². The summed E-state index contributed by atoms with van der Waals surface area (Å²) in [5.74, 6) is 0.536. The molecule has 0 aromatic heterocycles. The lowest BCUT2D eigenvalue weighted by Gasteiger charge is -2.19. The molecule has 0 N–H and O–H groups in total. The van der Waals surface area contributed by atoms with Crippen LogP contribution < -0.4 is 0 Å². The molecule has 0 aromatic rings. The summed E-state index contributed by atoms with van der Waals surface area (Å²) in [5.41, 5.74) is 0. The number of ether oxygens (including phenoxy) is 3. The van der Waals surface area contributed by atoms with E-state index in [2.05, 4.69) is 39.5 Å². The maximum atomic E-state index is 12.4. The van der Waals surface area contributed by atoms with Gasteiger partial charge in [0, 0.05) is 19.4 Å². The molecule has 0 radical (unpaired) electrons. The van der Waals surface area contributed by atoms with Gasteiger partial charge in [-0.05, 0) is 44.7 Å². The minimum atomic E-state index is -0.628. The van der Waals surface area contributed by atoms with E-state index in [1.54, 1.807) is 0 Å². The fourth-order valence-corrected chi connectivity index (χ4v) is 4.49. The number of esters is 1. The Bertz CT molecular complexity index is 522. The number of carbonyl (C=O) groups excluding carboxylic acids is 2. The molecule has 0 aliphatic rings. The Hall–Kier alpha value is -1.30. The van der Waals surface area contributed by atoms with Gasteiger partial charge in [0.05, 0.1) is 13.2 Å². The first-order valence-corrected chi connectivity index (χ1v) is 15.6. The fraction of sp³-hybridized carbons (Fsp3) is 0.935. The third-order valence-electron chi connectivity index (χ3n) is 6.98. The number of carbonyl (C=O) groups is 2. The SMILES string of the molecule is CCCCCCCCCCCCC(CCOC(=O)OCCCN(CC)CC)OC(=O)CCCCC(C)C. The highest BCUT2D eigenvalue weighted by molar-refractivity contribution is 5.69. The van der Waals surface area contributed by atoms with E-state index in [1.807, 2.05) is 0 Å². The van der Waals surface area contributed by atoms with Gasteiger partial charge >= 0.3 is 12.1 Å². The lowest BCUT2D eigenvalue weighted by atomic mass is 10.0. The predicted molar refractivity (Wildman–Crippen MR) is 154 cm³/mol. The molecule has 0 saturated heterocycles. The first-order chi connectivity index (χ1) is 17.9. The summed E-state index contributed by atoms with van der Waals surface area (Å²) in [7, 11) is 0. The second kappa shape index (κ2) is 26.3. The molecule has 0 aliphatic carbocycles. The molecule has 0 aliphatic heterocycles. The van der Waals surface area contributed by atoms with Gasteiger partial charge in [0.2, 0.25) is 0 Å². The quantitative estimate of drug-likeness (QED) is 0.0828. The molecule has 0 aromatic carbocycles. The molecule has 0 saturated carbocycles. The lowest BCUT2D eigenvalue weighted by molar-refractivity contribution is -0.150. The average Bonchev–Trinajstić information content (AvgIpc) is 2.87. The molecule has 0 heterocycles. The zero-order valence-corrected chi connectivity index (χ0v) is 25.2. The Morgan fingerprint density at radius 3 is 1.81 bits per heavy atom. The van der Waals surface area contributed by atoms with Gasteiger partial charge in [0.15, 0.2) is 0 Å². The summed E-state index contributed by atoms with van der Waals surface area (Å²) in [6.07, 6.45) is 17.7. The van der Waals surface area contributed by atoms with Gasteiger partial charge in [-0.2, -0.15) is 0 Å². The van der Waals surface area contributed by atoms with Crippen molar-refractivity contribution in [2.24, 2.45) is 5.92 Å². The van der Waals surface area contributed by atoms with E-state index in [0.29, 0.717) is 25.4 Å². The molecular formula is C31H61NO5. The zero-order chi connectivity index (χ0) is 27.6. The van der Waals surface area contributed by atoms with Crippen LogP contribution in [0.15, 0.2) is 0 Å². The van der Waals surface area contributed by atoms with E-state index >= 15 is 0 Å². The summed E-state index contributed by atoms with van der Waals surface area (Å²) in [6.45, 7) is 14.4. The molecular weight excluding hydrogens is 466 g/mol. The molecule has 1 unspecified atom stereocenters. The smallest absolute Gasteiger partial charge is 0.462 e. The van der Waals surface area contributed by atoms with Crippen molar-refractivity contribution in [1.82, 2.24) is 4.90 Å². The standard InChI is InChI=1S/C31H61NO5/c1-6-9-10-11-12-13-14-15-16-17-22-29(37-30(33)23-19-18-21-28(4)5)24-27-36-31(34)35-26-20-25-32(7-2)8-3/h28-29H,6-27H2,1-5H3. The molecule has 0 spiro atoms. The molecule has 6 heteroatoms. The molecule has 0 bridgehead atoms. The number of unbranched alkanes of at least 4 members (excludes halogenated alkanes) is 10. The van der Waals surface area contributed by atoms with Gasteiger partial charge in [-0.15, -0.1) is 0 Å². The number of nitrogens with zero attached hydrogens (tertiary/aromatic N) is 1. The van der Waals surface area contributed by atoms with Crippen LogP contribution in [0.2, 0.25) is 0 Å². The first-order valence-electron chi connectivity index (χ1n) is 15.6. The minimum Gasteiger partial charge on any atom is -0.462 e. The van der Waals surface area contributed by atoms with Crippen LogP contribution in [-0.4, -0.2) is 56.0 Å². The van der Waals surface area contributed by atoms with Gasteiger partial charge < -0.3 is 19.1 Å². The zero-order valence-electron chi connectivity index (χ0n) is 25.2. The lowest BCUT2D eigenvalue weighted by Crippen LogP contribution is -2.25. The van der Waals surface area contributed by atoms with E-state index in [0.717, 1.165) is 64.6 Å². The van der Waals surface area contributed by atoms with Gasteiger partial charge in [-0.3, -0.25) is 4.79 Å². The van der Waals surface area contributed by atoms with Crippen molar-refractivity contribution in [3.63, 3.8) is 0 Å². The Morgan fingerprint density at radius 1 is 0.649 bits per heavy atom. The van der Waals surface area contributed by atoms with Crippen LogP contribution in [0.1, 0.15) is 144 Å². The normalized spacial score (nSPS) is 12.2. The Balaban J connectivity index is 4.24. The van der Waals surface area contributed by atoms with Crippen molar-refractivity contribution >= 4 is 12.1 Å². The molecule has 37 heavy (non-hydrogen) atoms. The molecule has 220 valence electrons. The molecule has 1 atom stereocenters. The third-order valence-corrected chi connectivity index (χ3v) is 6.98. The molecule has 0 fully saturated rings. The molecule has 6 nitrogen and oxygen atoms in total. The van der Waals surface area contributed by atoms with Crippen molar-refractivity contribution in [2.45, 2.75) is 150 Å². The Labute approximate surface area is 229 Å². The number of rotatable bonds is 26. The van der Waals surface area contributed by atoms with Crippen molar-refractivity contribution in [1.29, 1.82) is 0 Å². The highest BCUT2D eigenvalue weighted by Gasteiger charge is 2.16. The van der Waals surface area contributed by atoms with Crippen LogP contribution in [-0.2, 0) is 19.0 Å². The van der Waals surface area contributed by atoms with Crippen LogP contribution in [0, 0.1) is 5.92 Å². The topological polar surface area (TPSA) is 65.1 Å². The average molecular weight is 528 g/mol. The Morgan fingerprint density at radius 2 is 1.22 bits per heavy atom. The van der Waals surface area contributed by atoms with Crippen LogP contribution in [0.4, 0.5) is 4.79 Å². The number of hydrogen-bond donors (Lipinski definition) is 0. The number of hydrogen-bond acceptors (Lipinski definition) is 6. The summed E-state index contributed by atoms with van der Waals surface area (Å²) in [4.78, 5) is 26.6. The minimum absolute atomic E-state index is 0.125. The van der Waals surface area contributed by atoms with Crippen LogP contribution in [0.25, 0.3) is 0 Å².